The van der Waals surface area contributed by atoms with Crippen LogP contribution in [0.5, 0.6) is 0 Å². The van der Waals surface area contributed by atoms with Gasteiger partial charge in [-0.05, 0) is 0 Å². The molecule has 1 aliphatic carbocycles. The van der Waals surface area contributed by atoms with Gasteiger partial charge >= 0.3 is 0 Å². The molecular formula is C9H17NOSi. The fourth-order valence-corrected chi connectivity index (χ4v) is 1.82. The zero-order valence-corrected chi connectivity index (χ0v) is 9.02. The highest BCUT2D eigenvalue weighted by molar-refractivity contribution is 6.83. The molecule has 0 aromatic rings. The Morgan fingerprint density at radius 1 is 1.42 bits per heavy atom. The standard InChI is InChI=1S/C9H17NOSi/c1-12(2,3)5-4-9(10)6-8(11)7-9/h8,11H,6-7,10H2,1-3H3. The molecule has 0 amide bonds. The predicted octanol–water partition coefficient (Wildman–Crippen LogP) is 0.719. The monoisotopic (exact) mass is 183 g/mol. The molecule has 1 fully saturated rings. The summed E-state index contributed by atoms with van der Waals surface area (Å²) in [5, 5.41) is 9.08. The van der Waals surface area contributed by atoms with Crippen LogP contribution in [-0.2, 0) is 0 Å². The van der Waals surface area contributed by atoms with E-state index in [0.717, 1.165) is 0 Å². The molecule has 0 bridgehead atoms. The summed E-state index contributed by atoms with van der Waals surface area (Å²) < 4.78 is 0. The van der Waals surface area contributed by atoms with Gasteiger partial charge in [-0.2, -0.15) is 0 Å². The zero-order chi connectivity index (χ0) is 9.41. The van der Waals surface area contributed by atoms with Crippen LogP contribution < -0.4 is 5.73 Å². The van der Waals surface area contributed by atoms with Crippen molar-refractivity contribution < 1.29 is 5.11 Å². The molecule has 0 heterocycles. The topological polar surface area (TPSA) is 46.2 Å². The summed E-state index contributed by atoms with van der Waals surface area (Å²) >= 11 is 0. The highest BCUT2D eigenvalue weighted by atomic mass is 28.3. The molecule has 0 aromatic heterocycles. The predicted molar refractivity (Wildman–Crippen MR) is 53.3 cm³/mol. The summed E-state index contributed by atoms with van der Waals surface area (Å²) in [7, 11) is -1.29. The highest BCUT2D eigenvalue weighted by Crippen LogP contribution is 2.28. The average Bonchev–Trinajstić information content (AvgIpc) is 1.79. The van der Waals surface area contributed by atoms with E-state index in [1.54, 1.807) is 0 Å². The number of rotatable bonds is 0. The van der Waals surface area contributed by atoms with Crippen LogP contribution in [0.1, 0.15) is 12.8 Å². The van der Waals surface area contributed by atoms with Crippen LogP contribution >= 0.6 is 0 Å². The first kappa shape index (κ1) is 9.78. The first-order chi connectivity index (χ1) is 5.31. The third-order valence-electron chi connectivity index (χ3n) is 1.89. The van der Waals surface area contributed by atoms with Gasteiger partial charge in [0.15, 0.2) is 0 Å². The number of aliphatic hydroxyl groups is 1. The number of nitrogens with two attached hydrogens (primary N) is 1. The lowest BCUT2D eigenvalue weighted by molar-refractivity contribution is 0.0499. The molecule has 68 valence electrons. The van der Waals surface area contributed by atoms with Crippen molar-refractivity contribution in [3.63, 3.8) is 0 Å². The molecule has 0 atom stereocenters. The van der Waals surface area contributed by atoms with Gasteiger partial charge in [0.25, 0.3) is 0 Å². The molecule has 0 radical (unpaired) electrons. The average molecular weight is 183 g/mol. The minimum absolute atomic E-state index is 0.217. The maximum absolute atomic E-state index is 9.08. The normalized spacial score (nSPS) is 34.9. The number of hydrogen-bond acceptors (Lipinski definition) is 2. The molecule has 0 aliphatic heterocycles. The van der Waals surface area contributed by atoms with Crippen LogP contribution in [0, 0.1) is 11.5 Å². The Hall–Kier alpha value is -0.303. The fourth-order valence-electron chi connectivity index (χ4n) is 1.20. The molecule has 1 aliphatic rings. The second kappa shape index (κ2) is 2.88. The van der Waals surface area contributed by atoms with Gasteiger partial charge in [-0.1, -0.05) is 25.6 Å². The van der Waals surface area contributed by atoms with E-state index in [0.29, 0.717) is 12.8 Å². The summed E-state index contributed by atoms with van der Waals surface area (Å²) in [5.41, 5.74) is 8.75. The van der Waals surface area contributed by atoms with Gasteiger partial charge in [0, 0.05) is 12.8 Å². The van der Waals surface area contributed by atoms with Crippen LogP contribution in [0.3, 0.4) is 0 Å². The first-order valence-electron chi connectivity index (χ1n) is 4.32. The maximum atomic E-state index is 9.08. The summed E-state index contributed by atoms with van der Waals surface area (Å²) in [4.78, 5) is 0. The number of hydrogen-bond donors (Lipinski definition) is 2. The largest absolute Gasteiger partial charge is 0.393 e. The summed E-state index contributed by atoms with van der Waals surface area (Å²) in [6.07, 6.45) is 1.07. The SMILES string of the molecule is C[Si](C)(C)C#CC1(N)CC(O)C1. The van der Waals surface area contributed by atoms with Crippen LogP contribution in [0.25, 0.3) is 0 Å². The van der Waals surface area contributed by atoms with Crippen molar-refractivity contribution >= 4 is 8.07 Å². The van der Waals surface area contributed by atoms with Crippen molar-refractivity contribution in [2.24, 2.45) is 5.73 Å². The van der Waals surface area contributed by atoms with E-state index in [4.69, 9.17) is 10.8 Å². The Balaban J connectivity index is 2.55. The molecule has 0 aromatic carbocycles. The second-order valence-corrected chi connectivity index (χ2v) is 9.47. The van der Waals surface area contributed by atoms with E-state index in [1.165, 1.54) is 0 Å². The lowest BCUT2D eigenvalue weighted by atomic mass is 9.76. The molecule has 3 N–H and O–H groups in total. The Kier molecular flexibility index (Phi) is 2.35. The first-order valence-corrected chi connectivity index (χ1v) is 7.82. The van der Waals surface area contributed by atoms with E-state index in [2.05, 4.69) is 31.1 Å². The molecule has 3 heteroatoms. The smallest absolute Gasteiger partial charge is 0.129 e. The van der Waals surface area contributed by atoms with Gasteiger partial charge in [0.05, 0.1) is 11.6 Å². The van der Waals surface area contributed by atoms with Crippen molar-refractivity contribution in [1.82, 2.24) is 0 Å². The van der Waals surface area contributed by atoms with E-state index in [1.807, 2.05) is 0 Å². The molecule has 1 saturated carbocycles. The van der Waals surface area contributed by atoms with Gasteiger partial charge in [-0.25, -0.2) is 0 Å². The molecular weight excluding hydrogens is 166 g/mol. The van der Waals surface area contributed by atoms with Gasteiger partial charge in [-0.3, -0.25) is 0 Å². The van der Waals surface area contributed by atoms with E-state index >= 15 is 0 Å². The van der Waals surface area contributed by atoms with Crippen molar-refractivity contribution in [2.75, 3.05) is 0 Å². The van der Waals surface area contributed by atoms with Crippen molar-refractivity contribution in [3.8, 4) is 11.5 Å². The Labute approximate surface area is 75.2 Å². The Bertz CT molecular complexity index is 227. The van der Waals surface area contributed by atoms with Crippen molar-refractivity contribution in [1.29, 1.82) is 0 Å². The van der Waals surface area contributed by atoms with Gasteiger partial charge in [0.2, 0.25) is 0 Å². The van der Waals surface area contributed by atoms with Crippen LogP contribution in [0.4, 0.5) is 0 Å². The molecule has 1 rings (SSSR count). The number of aliphatic hydroxyl groups excluding tert-OH is 1. The van der Waals surface area contributed by atoms with Gasteiger partial charge < -0.3 is 10.8 Å². The van der Waals surface area contributed by atoms with Crippen molar-refractivity contribution in [2.45, 2.75) is 44.1 Å². The van der Waals surface area contributed by atoms with Gasteiger partial charge in [-0.15, -0.1) is 5.54 Å². The van der Waals surface area contributed by atoms with Crippen molar-refractivity contribution in [3.05, 3.63) is 0 Å². The maximum Gasteiger partial charge on any atom is 0.129 e. The van der Waals surface area contributed by atoms with Crippen LogP contribution in [0.2, 0.25) is 19.6 Å². The summed E-state index contributed by atoms with van der Waals surface area (Å²) in [6.45, 7) is 6.58. The minimum Gasteiger partial charge on any atom is -0.393 e. The Morgan fingerprint density at radius 3 is 2.25 bits per heavy atom. The van der Waals surface area contributed by atoms with E-state index < -0.39 is 8.07 Å². The lowest BCUT2D eigenvalue weighted by Crippen LogP contribution is -2.53. The van der Waals surface area contributed by atoms with Crippen LogP contribution in [-0.4, -0.2) is 24.8 Å². The molecule has 0 unspecified atom stereocenters. The zero-order valence-electron chi connectivity index (χ0n) is 8.02. The summed E-state index contributed by atoms with van der Waals surface area (Å²) in [6, 6.07) is 0. The second-order valence-electron chi connectivity index (χ2n) is 4.72. The third kappa shape index (κ3) is 2.63. The molecule has 0 saturated heterocycles. The molecule has 0 spiro atoms. The van der Waals surface area contributed by atoms with Crippen LogP contribution in [0.15, 0.2) is 0 Å². The van der Waals surface area contributed by atoms with E-state index in [9.17, 15) is 0 Å². The summed E-state index contributed by atoms with van der Waals surface area (Å²) in [5.74, 6) is 3.10. The fraction of sp³-hybridized carbons (Fsp3) is 0.778. The van der Waals surface area contributed by atoms with E-state index in [-0.39, 0.29) is 11.6 Å². The lowest BCUT2D eigenvalue weighted by Gasteiger charge is -2.38. The molecule has 12 heavy (non-hydrogen) atoms. The quantitative estimate of drug-likeness (QED) is 0.429. The minimum atomic E-state index is -1.29. The Morgan fingerprint density at radius 2 is 1.92 bits per heavy atom. The molecule has 2 nitrogen and oxygen atoms in total. The van der Waals surface area contributed by atoms with Gasteiger partial charge in [0.1, 0.15) is 8.07 Å². The third-order valence-corrected chi connectivity index (χ3v) is 2.76. The highest BCUT2D eigenvalue weighted by Gasteiger charge is 2.38.